The third kappa shape index (κ3) is 2.59. The Morgan fingerprint density at radius 1 is 1.14 bits per heavy atom. The van der Waals surface area contributed by atoms with E-state index in [2.05, 4.69) is 4.72 Å². The first-order chi connectivity index (χ1) is 9.97. The van der Waals surface area contributed by atoms with Gasteiger partial charge in [0.2, 0.25) is 0 Å². The molecule has 2 aromatic carbocycles. The Hall–Kier alpha value is -2.05. The molecule has 1 aliphatic heterocycles. The molecule has 0 radical (unpaired) electrons. The Morgan fingerprint density at radius 2 is 1.90 bits per heavy atom. The number of esters is 1. The van der Waals surface area contributed by atoms with E-state index in [1.165, 1.54) is 18.2 Å². The summed E-state index contributed by atoms with van der Waals surface area (Å²) in [6.07, 6.45) is 0. The lowest BCUT2D eigenvalue weighted by atomic mass is 10.1. The van der Waals surface area contributed by atoms with Crippen molar-refractivity contribution in [1.82, 2.24) is 0 Å². The zero-order chi connectivity index (χ0) is 15.0. The molecule has 0 bridgehead atoms. The van der Waals surface area contributed by atoms with Crippen LogP contribution in [-0.4, -0.2) is 14.4 Å². The second-order valence-electron chi connectivity index (χ2n) is 4.48. The minimum absolute atomic E-state index is 0.0188. The van der Waals surface area contributed by atoms with Gasteiger partial charge in [0.15, 0.2) is 0 Å². The van der Waals surface area contributed by atoms with E-state index in [9.17, 15) is 13.2 Å². The van der Waals surface area contributed by atoms with Crippen LogP contribution in [0.1, 0.15) is 15.9 Å². The Bertz CT molecular complexity index is 833. The number of cyclic esters (lactones) is 1. The molecule has 0 aliphatic carbocycles. The number of carbonyl (C=O) groups is 1. The summed E-state index contributed by atoms with van der Waals surface area (Å²) in [4.78, 5) is 11.5. The predicted octanol–water partition coefficient (Wildman–Crippen LogP) is 2.81. The normalized spacial score (nSPS) is 13.7. The number of fused-ring (bicyclic) bond motifs is 1. The van der Waals surface area contributed by atoms with E-state index in [1.54, 1.807) is 24.3 Å². The monoisotopic (exact) mass is 323 g/mol. The van der Waals surface area contributed by atoms with Crippen LogP contribution in [0.5, 0.6) is 0 Å². The number of rotatable bonds is 3. The van der Waals surface area contributed by atoms with Gasteiger partial charge < -0.3 is 4.74 Å². The fourth-order valence-corrected chi connectivity index (χ4v) is 3.62. The zero-order valence-corrected chi connectivity index (χ0v) is 12.2. The van der Waals surface area contributed by atoms with E-state index in [-0.39, 0.29) is 22.2 Å². The number of carbonyl (C=O) groups excluding carboxylic acids is 1. The smallest absolute Gasteiger partial charge is 0.338 e. The Kier molecular flexibility index (Phi) is 3.35. The summed E-state index contributed by atoms with van der Waals surface area (Å²) in [5.74, 6) is -0.455. The molecule has 7 heteroatoms. The summed E-state index contributed by atoms with van der Waals surface area (Å²) < 4.78 is 31.9. The average Bonchev–Trinajstić information content (AvgIpc) is 2.80. The Balaban J connectivity index is 1.95. The molecule has 0 saturated heterocycles. The quantitative estimate of drug-likeness (QED) is 0.882. The van der Waals surface area contributed by atoms with Crippen molar-refractivity contribution in [3.8, 4) is 0 Å². The number of anilines is 1. The predicted molar refractivity (Wildman–Crippen MR) is 77.8 cm³/mol. The standard InChI is InChI=1S/C14H10ClNO4S/c15-12-3-1-2-4-13(12)21(18,19)16-10-6-5-9-8-20-14(17)11(9)7-10/h1-7,16H,8H2. The lowest BCUT2D eigenvalue weighted by Crippen LogP contribution is -2.13. The van der Waals surface area contributed by atoms with Crippen LogP contribution in [0.25, 0.3) is 0 Å². The summed E-state index contributed by atoms with van der Waals surface area (Å²) in [5, 5.41) is 0.130. The molecular formula is C14H10ClNO4S. The molecule has 3 rings (SSSR count). The van der Waals surface area contributed by atoms with Gasteiger partial charge in [0.1, 0.15) is 11.5 Å². The molecule has 0 saturated carbocycles. The van der Waals surface area contributed by atoms with Crippen molar-refractivity contribution >= 4 is 33.3 Å². The van der Waals surface area contributed by atoms with Crippen LogP contribution in [0.3, 0.4) is 0 Å². The number of hydrogen-bond acceptors (Lipinski definition) is 4. The van der Waals surface area contributed by atoms with E-state index in [0.717, 1.165) is 5.56 Å². The van der Waals surface area contributed by atoms with Gasteiger partial charge in [-0.05, 0) is 24.3 Å². The highest BCUT2D eigenvalue weighted by Crippen LogP contribution is 2.27. The number of benzene rings is 2. The molecule has 0 fully saturated rings. The van der Waals surface area contributed by atoms with Gasteiger partial charge >= 0.3 is 5.97 Å². The third-order valence-electron chi connectivity index (χ3n) is 3.07. The third-order valence-corrected chi connectivity index (χ3v) is 4.95. The van der Waals surface area contributed by atoms with Gasteiger partial charge in [-0.1, -0.05) is 29.8 Å². The zero-order valence-electron chi connectivity index (χ0n) is 10.7. The summed E-state index contributed by atoms with van der Waals surface area (Å²) in [7, 11) is -3.81. The van der Waals surface area contributed by atoms with Crippen molar-refractivity contribution in [2.45, 2.75) is 11.5 Å². The summed E-state index contributed by atoms with van der Waals surface area (Å²) in [6, 6.07) is 10.8. The number of sulfonamides is 1. The minimum Gasteiger partial charge on any atom is -0.457 e. The largest absolute Gasteiger partial charge is 0.457 e. The Morgan fingerprint density at radius 3 is 2.67 bits per heavy atom. The van der Waals surface area contributed by atoms with E-state index in [1.807, 2.05) is 0 Å². The molecule has 1 N–H and O–H groups in total. The fourth-order valence-electron chi connectivity index (χ4n) is 2.05. The first-order valence-corrected chi connectivity index (χ1v) is 7.91. The molecule has 0 amide bonds. The van der Waals surface area contributed by atoms with Gasteiger partial charge in [0.05, 0.1) is 10.6 Å². The molecular weight excluding hydrogens is 314 g/mol. The average molecular weight is 324 g/mol. The molecule has 0 atom stereocenters. The number of halogens is 1. The molecule has 5 nitrogen and oxygen atoms in total. The lowest BCUT2D eigenvalue weighted by Gasteiger charge is -2.09. The molecule has 108 valence electrons. The first kappa shape index (κ1) is 13.9. The molecule has 2 aromatic rings. The van der Waals surface area contributed by atoms with Crippen LogP contribution in [0.15, 0.2) is 47.4 Å². The second kappa shape index (κ2) is 5.05. The highest BCUT2D eigenvalue weighted by Gasteiger charge is 2.23. The van der Waals surface area contributed by atoms with Crippen LogP contribution in [0, 0.1) is 0 Å². The number of hydrogen-bond donors (Lipinski definition) is 1. The van der Waals surface area contributed by atoms with Gasteiger partial charge in [-0.25, -0.2) is 13.2 Å². The Labute approximate surface area is 126 Å². The van der Waals surface area contributed by atoms with Gasteiger partial charge in [0, 0.05) is 11.3 Å². The van der Waals surface area contributed by atoms with Crippen molar-refractivity contribution in [3.63, 3.8) is 0 Å². The van der Waals surface area contributed by atoms with Gasteiger partial charge in [0.25, 0.3) is 10.0 Å². The summed E-state index contributed by atoms with van der Waals surface area (Å²) in [5.41, 5.74) is 1.39. The van der Waals surface area contributed by atoms with Gasteiger partial charge in [-0.2, -0.15) is 0 Å². The highest BCUT2D eigenvalue weighted by atomic mass is 35.5. The lowest BCUT2D eigenvalue weighted by molar-refractivity contribution is 0.0535. The molecule has 0 unspecified atom stereocenters. The number of ether oxygens (including phenoxy) is 1. The minimum atomic E-state index is -3.81. The van der Waals surface area contributed by atoms with Crippen molar-refractivity contribution < 1.29 is 17.9 Å². The van der Waals surface area contributed by atoms with E-state index < -0.39 is 16.0 Å². The van der Waals surface area contributed by atoms with E-state index in [0.29, 0.717) is 5.56 Å². The van der Waals surface area contributed by atoms with Crippen molar-refractivity contribution in [2.75, 3.05) is 4.72 Å². The maximum Gasteiger partial charge on any atom is 0.338 e. The molecule has 1 aliphatic rings. The van der Waals surface area contributed by atoms with Crippen LogP contribution in [0.4, 0.5) is 5.69 Å². The van der Waals surface area contributed by atoms with Crippen molar-refractivity contribution in [3.05, 3.63) is 58.6 Å². The van der Waals surface area contributed by atoms with Crippen molar-refractivity contribution in [1.29, 1.82) is 0 Å². The van der Waals surface area contributed by atoms with Crippen LogP contribution < -0.4 is 4.72 Å². The topological polar surface area (TPSA) is 72.5 Å². The molecule has 21 heavy (non-hydrogen) atoms. The molecule has 0 spiro atoms. The SMILES string of the molecule is O=C1OCc2ccc(NS(=O)(=O)c3ccccc3Cl)cc21. The first-order valence-electron chi connectivity index (χ1n) is 6.05. The van der Waals surface area contributed by atoms with Crippen LogP contribution >= 0.6 is 11.6 Å². The van der Waals surface area contributed by atoms with Crippen LogP contribution in [0.2, 0.25) is 5.02 Å². The number of nitrogens with one attached hydrogen (secondary N) is 1. The second-order valence-corrected chi connectivity index (χ2v) is 6.54. The molecule has 0 aromatic heterocycles. The van der Waals surface area contributed by atoms with Crippen LogP contribution in [-0.2, 0) is 21.4 Å². The van der Waals surface area contributed by atoms with Gasteiger partial charge in [-0.15, -0.1) is 0 Å². The maximum atomic E-state index is 12.3. The molecule has 1 heterocycles. The van der Waals surface area contributed by atoms with Gasteiger partial charge in [-0.3, -0.25) is 4.72 Å². The maximum absolute atomic E-state index is 12.3. The summed E-state index contributed by atoms with van der Waals surface area (Å²) in [6.45, 7) is 0.214. The van der Waals surface area contributed by atoms with Crippen molar-refractivity contribution in [2.24, 2.45) is 0 Å². The highest BCUT2D eigenvalue weighted by molar-refractivity contribution is 7.92. The fraction of sp³-hybridized carbons (Fsp3) is 0.0714. The van der Waals surface area contributed by atoms with E-state index in [4.69, 9.17) is 16.3 Å². The summed E-state index contributed by atoms with van der Waals surface area (Å²) >= 11 is 5.90. The van der Waals surface area contributed by atoms with E-state index >= 15 is 0 Å².